The lowest BCUT2D eigenvalue weighted by Crippen LogP contribution is -2.30. The summed E-state index contributed by atoms with van der Waals surface area (Å²) in [5.41, 5.74) is 0.750. The summed E-state index contributed by atoms with van der Waals surface area (Å²) in [5, 5.41) is 4.71. The van der Waals surface area contributed by atoms with Crippen LogP contribution >= 0.6 is 11.6 Å². The summed E-state index contributed by atoms with van der Waals surface area (Å²) in [5.74, 6) is -1.05. The van der Waals surface area contributed by atoms with Crippen LogP contribution in [0.25, 0.3) is 10.8 Å². The Labute approximate surface area is 149 Å². The fourth-order valence-corrected chi connectivity index (χ4v) is 2.48. The Morgan fingerprint density at radius 1 is 1.08 bits per heavy atom. The van der Waals surface area contributed by atoms with E-state index in [9.17, 15) is 9.59 Å². The van der Waals surface area contributed by atoms with E-state index >= 15 is 0 Å². The average molecular weight is 355 g/mol. The van der Waals surface area contributed by atoms with Crippen LogP contribution in [0.2, 0.25) is 5.15 Å². The highest BCUT2D eigenvalue weighted by Crippen LogP contribution is 2.19. The first-order chi connectivity index (χ1) is 12.0. The molecule has 6 heteroatoms. The highest BCUT2D eigenvalue weighted by molar-refractivity contribution is 6.32. The van der Waals surface area contributed by atoms with Gasteiger partial charge in [-0.1, -0.05) is 41.9 Å². The van der Waals surface area contributed by atoms with Crippen molar-refractivity contribution in [2.45, 2.75) is 13.0 Å². The molecule has 3 rings (SSSR count). The van der Waals surface area contributed by atoms with Gasteiger partial charge in [-0.25, -0.2) is 9.78 Å². The molecule has 1 aromatic heterocycles. The van der Waals surface area contributed by atoms with Crippen molar-refractivity contribution in [3.8, 4) is 0 Å². The minimum absolute atomic E-state index is 0.170. The Balaban J connectivity index is 1.68. The molecule has 2 aromatic carbocycles. The van der Waals surface area contributed by atoms with Crippen LogP contribution < -0.4 is 5.32 Å². The van der Waals surface area contributed by atoms with Gasteiger partial charge in [0.2, 0.25) is 0 Å². The van der Waals surface area contributed by atoms with E-state index in [0.29, 0.717) is 11.3 Å². The van der Waals surface area contributed by atoms with Gasteiger partial charge in [-0.2, -0.15) is 0 Å². The number of aromatic nitrogens is 1. The van der Waals surface area contributed by atoms with Crippen LogP contribution in [0.5, 0.6) is 0 Å². The van der Waals surface area contributed by atoms with Crippen molar-refractivity contribution >= 4 is 39.9 Å². The number of esters is 1. The number of nitrogens with one attached hydrogen (secondary N) is 1. The second kappa shape index (κ2) is 7.32. The summed E-state index contributed by atoms with van der Waals surface area (Å²) in [6, 6.07) is 16.2. The lowest BCUT2D eigenvalue weighted by Gasteiger charge is -2.14. The molecule has 126 valence electrons. The molecule has 1 atom stereocenters. The summed E-state index contributed by atoms with van der Waals surface area (Å²) in [6.07, 6.45) is 0.538. The second-order valence-electron chi connectivity index (χ2n) is 5.44. The fraction of sp³-hybridized carbons (Fsp3) is 0.105. The number of ether oxygens (including phenoxy) is 1. The number of halogens is 1. The summed E-state index contributed by atoms with van der Waals surface area (Å²) < 4.78 is 5.24. The van der Waals surface area contributed by atoms with Crippen molar-refractivity contribution in [1.29, 1.82) is 0 Å². The van der Waals surface area contributed by atoms with E-state index in [0.717, 1.165) is 10.8 Å². The van der Waals surface area contributed by atoms with E-state index in [2.05, 4.69) is 10.3 Å². The molecule has 1 N–H and O–H groups in total. The normalized spacial score (nSPS) is 11.8. The first kappa shape index (κ1) is 16.9. The minimum atomic E-state index is -0.977. The lowest BCUT2D eigenvalue weighted by atomic mass is 10.1. The number of amides is 1. The predicted molar refractivity (Wildman–Crippen MR) is 96.7 cm³/mol. The van der Waals surface area contributed by atoms with E-state index < -0.39 is 18.0 Å². The van der Waals surface area contributed by atoms with Crippen LogP contribution in [-0.2, 0) is 9.53 Å². The van der Waals surface area contributed by atoms with Gasteiger partial charge < -0.3 is 10.1 Å². The van der Waals surface area contributed by atoms with Crippen LogP contribution in [-0.4, -0.2) is 23.0 Å². The molecule has 0 bridgehead atoms. The molecule has 0 aliphatic rings. The number of fused-ring (bicyclic) bond motifs is 1. The monoisotopic (exact) mass is 354 g/mol. The van der Waals surface area contributed by atoms with E-state index in [1.54, 1.807) is 24.3 Å². The molecule has 3 aromatic rings. The van der Waals surface area contributed by atoms with E-state index in [-0.39, 0.29) is 5.15 Å². The zero-order valence-electron chi connectivity index (χ0n) is 13.4. The molecular weight excluding hydrogens is 340 g/mol. The smallest absolute Gasteiger partial charge is 0.338 e. The van der Waals surface area contributed by atoms with Gasteiger partial charge in [-0.3, -0.25) is 4.79 Å². The number of hydrogen-bond donors (Lipinski definition) is 1. The van der Waals surface area contributed by atoms with Crippen LogP contribution in [0.4, 0.5) is 5.69 Å². The molecule has 0 aliphatic carbocycles. The number of hydrogen-bond acceptors (Lipinski definition) is 4. The first-order valence-corrected chi connectivity index (χ1v) is 8.03. The van der Waals surface area contributed by atoms with Crippen molar-refractivity contribution < 1.29 is 14.3 Å². The number of carbonyl (C=O) groups is 2. The lowest BCUT2D eigenvalue weighted by molar-refractivity contribution is -0.123. The molecule has 1 unspecified atom stereocenters. The predicted octanol–water partition coefficient (Wildman–Crippen LogP) is 4.07. The van der Waals surface area contributed by atoms with E-state index in [4.69, 9.17) is 16.3 Å². The van der Waals surface area contributed by atoms with Crippen molar-refractivity contribution in [2.75, 3.05) is 5.32 Å². The second-order valence-corrected chi connectivity index (χ2v) is 5.80. The molecule has 0 radical (unpaired) electrons. The molecule has 1 heterocycles. The number of nitrogens with zero attached hydrogens (tertiary/aromatic N) is 1. The Morgan fingerprint density at radius 2 is 1.84 bits per heavy atom. The topological polar surface area (TPSA) is 68.3 Å². The third kappa shape index (κ3) is 3.95. The molecule has 0 saturated heterocycles. The molecular formula is C19H15ClN2O3. The van der Waals surface area contributed by atoms with Crippen LogP contribution in [0.1, 0.15) is 17.3 Å². The van der Waals surface area contributed by atoms with Gasteiger partial charge in [-0.15, -0.1) is 0 Å². The number of benzene rings is 2. The van der Waals surface area contributed by atoms with Gasteiger partial charge in [0.15, 0.2) is 11.3 Å². The highest BCUT2D eigenvalue weighted by Gasteiger charge is 2.20. The largest absolute Gasteiger partial charge is 0.449 e. The molecule has 1 amide bonds. The quantitative estimate of drug-likeness (QED) is 0.566. The van der Waals surface area contributed by atoms with Gasteiger partial charge >= 0.3 is 5.97 Å². The summed E-state index contributed by atoms with van der Waals surface area (Å²) in [4.78, 5) is 28.3. The zero-order valence-corrected chi connectivity index (χ0v) is 14.2. The van der Waals surface area contributed by atoms with Crippen molar-refractivity contribution in [1.82, 2.24) is 4.98 Å². The van der Waals surface area contributed by atoms with Gasteiger partial charge in [0.05, 0.1) is 11.3 Å². The number of pyridine rings is 1. The molecule has 25 heavy (non-hydrogen) atoms. The number of rotatable bonds is 4. The molecule has 0 fully saturated rings. The van der Waals surface area contributed by atoms with Crippen molar-refractivity contribution in [3.63, 3.8) is 0 Å². The van der Waals surface area contributed by atoms with E-state index in [1.165, 1.54) is 13.1 Å². The Bertz CT molecular complexity index is 943. The number of carbonyl (C=O) groups excluding carboxylic acids is 2. The zero-order chi connectivity index (χ0) is 17.8. The highest BCUT2D eigenvalue weighted by atomic mass is 35.5. The molecule has 0 aliphatic heterocycles. The summed E-state index contributed by atoms with van der Waals surface area (Å²) in [6.45, 7) is 1.50. The SMILES string of the molecule is CC(OC(=O)c1ccc2ccccc2c1)C(=O)Nc1cccnc1Cl. The third-order valence-electron chi connectivity index (χ3n) is 3.66. The molecule has 0 saturated carbocycles. The molecule has 0 spiro atoms. The van der Waals surface area contributed by atoms with Gasteiger partial charge in [0.1, 0.15) is 0 Å². The standard InChI is InChI=1S/C19H15ClN2O3/c1-12(18(23)22-16-7-4-10-21-17(16)20)25-19(24)15-9-8-13-5-2-3-6-14(13)11-15/h2-12H,1H3,(H,22,23). The maximum absolute atomic E-state index is 12.3. The van der Waals surface area contributed by atoms with Crippen LogP contribution in [0.3, 0.4) is 0 Å². The summed E-state index contributed by atoms with van der Waals surface area (Å²) in [7, 11) is 0. The van der Waals surface area contributed by atoms with Crippen molar-refractivity contribution in [3.05, 3.63) is 71.5 Å². The first-order valence-electron chi connectivity index (χ1n) is 7.66. The van der Waals surface area contributed by atoms with E-state index in [1.807, 2.05) is 30.3 Å². The van der Waals surface area contributed by atoms with Gasteiger partial charge in [-0.05, 0) is 42.0 Å². The Morgan fingerprint density at radius 3 is 2.60 bits per heavy atom. The molecule has 5 nitrogen and oxygen atoms in total. The van der Waals surface area contributed by atoms with Gasteiger partial charge in [0, 0.05) is 6.20 Å². The van der Waals surface area contributed by atoms with Gasteiger partial charge in [0.25, 0.3) is 5.91 Å². The fourth-order valence-electron chi connectivity index (χ4n) is 2.31. The maximum Gasteiger partial charge on any atom is 0.338 e. The third-order valence-corrected chi connectivity index (χ3v) is 3.96. The average Bonchev–Trinajstić information content (AvgIpc) is 2.63. The van der Waals surface area contributed by atoms with Crippen LogP contribution in [0.15, 0.2) is 60.8 Å². The van der Waals surface area contributed by atoms with Crippen LogP contribution in [0, 0.1) is 0 Å². The number of anilines is 1. The maximum atomic E-state index is 12.3. The van der Waals surface area contributed by atoms with Crippen molar-refractivity contribution in [2.24, 2.45) is 0 Å². The Kier molecular flexibility index (Phi) is 4.95. The minimum Gasteiger partial charge on any atom is -0.449 e. The Hall–Kier alpha value is -2.92. The summed E-state index contributed by atoms with van der Waals surface area (Å²) >= 11 is 5.90.